The van der Waals surface area contributed by atoms with Crippen LogP contribution in [0.15, 0.2) is 0 Å². The van der Waals surface area contributed by atoms with Crippen molar-refractivity contribution in [2.45, 2.75) is 53.3 Å². The minimum Gasteiger partial charge on any atom is -0.394 e. The molecule has 0 fully saturated rings. The normalized spacial score (nSPS) is 14.3. The number of hydrogen-bond donors (Lipinski definition) is 0. The Hall–Kier alpha value is 0.194. The minimum atomic E-state index is -2.81. The lowest BCUT2D eigenvalue weighted by Gasteiger charge is -2.38. The maximum Gasteiger partial charge on any atom is 0.502 e. The molecule has 0 aliphatic rings. The molecule has 0 aromatic heterocycles. The van der Waals surface area contributed by atoms with Crippen molar-refractivity contribution in [2.75, 3.05) is 53.7 Å². The van der Waals surface area contributed by atoms with Gasteiger partial charge in [0, 0.05) is 33.0 Å². The van der Waals surface area contributed by atoms with Crippen LogP contribution in [0.4, 0.5) is 0 Å². The van der Waals surface area contributed by atoms with Crippen LogP contribution in [0.3, 0.4) is 0 Å². The van der Waals surface area contributed by atoms with Gasteiger partial charge in [-0.05, 0) is 67.2 Å². The molecule has 8 heteroatoms. The quantitative estimate of drug-likeness (QED) is 0.374. The summed E-state index contributed by atoms with van der Waals surface area (Å²) in [5, 5.41) is 0. The molecule has 0 amide bonds. The molecule has 0 aliphatic heterocycles. The summed E-state index contributed by atoms with van der Waals surface area (Å²) in [6.07, 6.45) is 0. The first-order valence-electron chi connectivity index (χ1n) is 9.66. The van der Waals surface area contributed by atoms with Gasteiger partial charge < -0.3 is 27.0 Å². The predicted molar refractivity (Wildman–Crippen MR) is 107 cm³/mol. The van der Waals surface area contributed by atoms with Gasteiger partial charge in [-0.3, -0.25) is 0 Å². The Bertz CT molecular complexity index is 311. The third-order valence-electron chi connectivity index (χ3n) is 3.73. The molecule has 0 radical (unpaired) electrons. The highest BCUT2D eigenvalue weighted by Gasteiger charge is 2.53. The summed E-state index contributed by atoms with van der Waals surface area (Å²) in [7, 11) is -1.13. The fourth-order valence-corrected chi connectivity index (χ4v) is 12.7. The van der Waals surface area contributed by atoms with E-state index in [1.807, 2.05) is 34.6 Å². The van der Waals surface area contributed by atoms with Gasteiger partial charge in [0.1, 0.15) is 0 Å². The molecule has 0 spiro atoms. The van der Waals surface area contributed by atoms with Crippen LogP contribution in [0.1, 0.15) is 41.5 Å². The second kappa shape index (κ2) is 13.4. The van der Waals surface area contributed by atoms with Crippen LogP contribution in [0.2, 0.25) is 11.7 Å². The Labute approximate surface area is 157 Å². The first kappa shape index (κ1) is 25.2. The average molecular weight is 396 g/mol. The van der Waals surface area contributed by atoms with Gasteiger partial charge in [-0.2, -0.15) is 0 Å². The van der Waals surface area contributed by atoms with Crippen molar-refractivity contribution in [1.82, 2.24) is 4.90 Å². The van der Waals surface area contributed by atoms with E-state index in [-0.39, 0.29) is 0 Å². The van der Waals surface area contributed by atoms with Crippen molar-refractivity contribution in [3.63, 3.8) is 0 Å². The van der Waals surface area contributed by atoms with Crippen molar-refractivity contribution in [1.29, 1.82) is 0 Å². The molecule has 0 heterocycles. The van der Waals surface area contributed by atoms with E-state index in [0.29, 0.717) is 44.6 Å². The summed E-state index contributed by atoms with van der Waals surface area (Å²) in [5.41, 5.74) is 0.648. The van der Waals surface area contributed by atoms with E-state index in [0.717, 1.165) is 12.6 Å². The highest BCUT2D eigenvalue weighted by molar-refractivity contribution is 6.83. The highest BCUT2D eigenvalue weighted by atomic mass is 28.4. The Kier molecular flexibility index (Phi) is 13.5. The zero-order valence-corrected chi connectivity index (χ0v) is 19.7. The zero-order chi connectivity index (χ0) is 19.3. The lowest BCUT2D eigenvalue weighted by Crippen LogP contribution is -2.57. The van der Waals surface area contributed by atoms with E-state index >= 15 is 0 Å². The van der Waals surface area contributed by atoms with E-state index in [1.54, 1.807) is 0 Å². The molecule has 0 aromatic carbocycles. The third-order valence-corrected chi connectivity index (χ3v) is 12.8. The second-order valence-corrected chi connectivity index (χ2v) is 13.0. The first-order valence-corrected chi connectivity index (χ1v) is 13.8. The lowest BCUT2D eigenvalue weighted by atomic mass is 10.2. The number of hydrogen-bond acceptors (Lipinski definition) is 6. The van der Waals surface area contributed by atoms with Crippen molar-refractivity contribution >= 4 is 17.4 Å². The van der Waals surface area contributed by atoms with Gasteiger partial charge in [0.25, 0.3) is 0 Å². The molecule has 152 valence electrons. The standard InChI is InChI=1S/C17H41NO5Si2/c1-9-19-24(20-10-2,15-17(6)14-18(7)8)16-25(21-11-3,22-12-4)23-13-5/h17H,9-16H2,1-8H3. The van der Waals surface area contributed by atoms with Gasteiger partial charge in [0.05, 0.1) is 5.67 Å². The molecule has 1 unspecified atom stereocenters. The smallest absolute Gasteiger partial charge is 0.394 e. The van der Waals surface area contributed by atoms with Crippen LogP contribution < -0.4 is 0 Å². The lowest BCUT2D eigenvalue weighted by molar-refractivity contribution is 0.0697. The fourth-order valence-electron chi connectivity index (χ4n) is 3.35. The van der Waals surface area contributed by atoms with E-state index in [4.69, 9.17) is 22.1 Å². The van der Waals surface area contributed by atoms with Crippen LogP contribution in [-0.2, 0) is 22.1 Å². The second-order valence-electron chi connectivity index (χ2n) is 6.51. The van der Waals surface area contributed by atoms with Gasteiger partial charge in [0.2, 0.25) is 0 Å². The molecule has 0 aliphatic carbocycles. The average Bonchev–Trinajstić information content (AvgIpc) is 2.47. The molecule has 0 saturated heterocycles. The van der Waals surface area contributed by atoms with Crippen LogP contribution >= 0.6 is 0 Å². The SMILES string of the molecule is CCO[Si](CC(C)CN(C)C)(C[Si](OCC)(OCC)OCC)OCC. The van der Waals surface area contributed by atoms with Gasteiger partial charge in [-0.25, -0.2) is 0 Å². The summed E-state index contributed by atoms with van der Waals surface area (Å²) < 4.78 is 30.9. The van der Waals surface area contributed by atoms with Crippen LogP contribution in [0.25, 0.3) is 0 Å². The van der Waals surface area contributed by atoms with Gasteiger partial charge in [-0.1, -0.05) is 6.92 Å². The van der Waals surface area contributed by atoms with Crippen molar-refractivity contribution < 1.29 is 22.1 Å². The number of nitrogens with zero attached hydrogens (tertiary/aromatic N) is 1. The Morgan fingerprint density at radius 1 is 0.720 bits per heavy atom. The summed E-state index contributed by atoms with van der Waals surface area (Å²) in [6, 6.07) is 0.912. The van der Waals surface area contributed by atoms with E-state index in [1.165, 1.54) is 0 Å². The molecule has 0 bridgehead atoms. The van der Waals surface area contributed by atoms with Crippen LogP contribution in [-0.4, -0.2) is 75.9 Å². The van der Waals surface area contributed by atoms with Crippen molar-refractivity contribution in [3.8, 4) is 0 Å². The summed E-state index contributed by atoms with van der Waals surface area (Å²) in [4.78, 5) is 2.21. The molecule has 0 N–H and O–H groups in total. The van der Waals surface area contributed by atoms with Crippen LogP contribution in [0.5, 0.6) is 0 Å². The van der Waals surface area contributed by atoms with E-state index in [2.05, 4.69) is 25.9 Å². The maximum atomic E-state index is 6.31. The van der Waals surface area contributed by atoms with Gasteiger partial charge >= 0.3 is 17.4 Å². The molecule has 0 aromatic rings. The third kappa shape index (κ3) is 9.62. The Balaban J connectivity index is 5.57. The van der Waals surface area contributed by atoms with E-state index < -0.39 is 17.4 Å². The van der Waals surface area contributed by atoms with E-state index in [9.17, 15) is 0 Å². The number of rotatable bonds is 16. The molecular weight excluding hydrogens is 354 g/mol. The Morgan fingerprint density at radius 3 is 1.44 bits per heavy atom. The molecular formula is C17H41NO5Si2. The minimum absolute atomic E-state index is 0.469. The monoisotopic (exact) mass is 395 g/mol. The topological polar surface area (TPSA) is 49.4 Å². The van der Waals surface area contributed by atoms with Crippen molar-refractivity contribution in [3.05, 3.63) is 0 Å². The predicted octanol–water partition coefficient (Wildman–Crippen LogP) is 3.29. The summed E-state index contributed by atoms with van der Waals surface area (Å²) in [5.74, 6) is 0.469. The molecule has 0 rings (SSSR count). The van der Waals surface area contributed by atoms with Gasteiger partial charge in [0.15, 0.2) is 0 Å². The molecule has 6 nitrogen and oxygen atoms in total. The maximum absolute atomic E-state index is 6.31. The largest absolute Gasteiger partial charge is 0.502 e. The van der Waals surface area contributed by atoms with Crippen molar-refractivity contribution in [2.24, 2.45) is 5.92 Å². The summed E-state index contributed by atoms with van der Waals surface area (Å²) in [6.45, 7) is 16.3. The first-order chi connectivity index (χ1) is 11.8. The Morgan fingerprint density at radius 2 is 1.12 bits per heavy atom. The molecule has 0 saturated carbocycles. The molecule has 25 heavy (non-hydrogen) atoms. The molecule has 1 atom stereocenters. The van der Waals surface area contributed by atoms with Gasteiger partial charge in [-0.15, -0.1) is 0 Å². The summed E-state index contributed by atoms with van der Waals surface area (Å²) >= 11 is 0. The highest BCUT2D eigenvalue weighted by Crippen LogP contribution is 2.31. The van der Waals surface area contributed by atoms with Crippen LogP contribution in [0, 0.1) is 5.92 Å². The fraction of sp³-hybridized carbons (Fsp3) is 1.00. The zero-order valence-electron chi connectivity index (χ0n) is 17.7.